The number of hydrogen-bond donors (Lipinski definition) is 1. The molecule has 1 atom stereocenters. The molecular formula is C12H23NO2S. The highest BCUT2D eigenvalue weighted by atomic mass is 32.2. The molecule has 0 bridgehead atoms. The first-order valence-electron chi connectivity index (χ1n) is 6.35. The zero-order valence-corrected chi connectivity index (χ0v) is 11.1. The summed E-state index contributed by atoms with van der Waals surface area (Å²) in [7, 11) is -2.77. The summed E-state index contributed by atoms with van der Waals surface area (Å²) in [5, 5.41) is 3.52. The lowest BCUT2D eigenvalue weighted by molar-refractivity contribution is 0.251. The van der Waals surface area contributed by atoms with Crippen LogP contribution < -0.4 is 5.32 Å². The van der Waals surface area contributed by atoms with Crippen LogP contribution in [0.25, 0.3) is 0 Å². The van der Waals surface area contributed by atoms with Crippen molar-refractivity contribution in [2.45, 2.75) is 45.6 Å². The van der Waals surface area contributed by atoms with Crippen LogP contribution in [0.3, 0.4) is 0 Å². The van der Waals surface area contributed by atoms with Crippen LogP contribution in [0.15, 0.2) is 0 Å². The van der Waals surface area contributed by atoms with E-state index in [2.05, 4.69) is 19.2 Å². The Bertz CT molecular complexity index is 346. The van der Waals surface area contributed by atoms with Gasteiger partial charge in [0, 0.05) is 12.6 Å². The Balaban J connectivity index is 2.00. The van der Waals surface area contributed by atoms with Crippen LogP contribution >= 0.6 is 0 Å². The second kappa shape index (κ2) is 4.30. The van der Waals surface area contributed by atoms with Crippen LogP contribution in [0, 0.1) is 11.3 Å². The fourth-order valence-corrected chi connectivity index (χ4v) is 5.06. The highest BCUT2D eigenvalue weighted by Crippen LogP contribution is 2.38. The Hall–Kier alpha value is -0.0900. The van der Waals surface area contributed by atoms with Gasteiger partial charge in [-0.25, -0.2) is 8.42 Å². The maximum atomic E-state index is 11.7. The van der Waals surface area contributed by atoms with Crippen molar-refractivity contribution in [1.82, 2.24) is 5.32 Å². The number of nitrogens with one attached hydrogen (secondary N) is 1. The minimum Gasteiger partial charge on any atom is -0.313 e. The monoisotopic (exact) mass is 245 g/mol. The maximum absolute atomic E-state index is 11.7. The average Bonchev–Trinajstić information content (AvgIpc) is 2.90. The Morgan fingerprint density at radius 1 is 1.38 bits per heavy atom. The van der Waals surface area contributed by atoms with Crippen LogP contribution in [-0.2, 0) is 9.84 Å². The number of hydrogen-bond acceptors (Lipinski definition) is 3. The molecule has 4 heteroatoms. The van der Waals surface area contributed by atoms with Crippen LogP contribution in [0.4, 0.5) is 0 Å². The van der Waals surface area contributed by atoms with Gasteiger partial charge in [-0.15, -0.1) is 0 Å². The summed E-state index contributed by atoms with van der Waals surface area (Å²) in [5.41, 5.74) is 0.0234. The summed E-state index contributed by atoms with van der Waals surface area (Å²) < 4.78 is 23.3. The second-order valence-electron chi connectivity index (χ2n) is 6.10. The van der Waals surface area contributed by atoms with E-state index in [-0.39, 0.29) is 5.41 Å². The smallest absolute Gasteiger partial charge is 0.150 e. The van der Waals surface area contributed by atoms with Gasteiger partial charge in [-0.1, -0.05) is 13.8 Å². The molecule has 0 amide bonds. The lowest BCUT2D eigenvalue weighted by atomic mass is 9.79. The van der Waals surface area contributed by atoms with Gasteiger partial charge in [0.15, 0.2) is 9.84 Å². The molecule has 1 saturated carbocycles. The van der Waals surface area contributed by atoms with Gasteiger partial charge in [0.05, 0.1) is 11.5 Å². The second-order valence-corrected chi connectivity index (χ2v) is 8.28. The van der Waals surface area contributed by atoms with Crippen LogP contribution in [-0.4, -0.2) is 32.5 Å². The minimum atomic E-state index is -2.77. The Morgan fingerprint density at radius 2 is 2.06 bits per heavy atom. The van der Waals surface area contributed by atoms with E-state index in [0.29, 0.717) is 23.5 Å². The van der Waals surface area contributed by atoms with Crippen LogP contribution in [0.2, 0.25) is 0 Å². The van der Waals surface area contributed by atoms with Gasteiger partial charge in [0.2, 0.25) is 0 Å². The molecule has 2 aliphatic rings. The highest BCUT2D eigenvalue weighted by molar-refractivity contribution is 7.91. The van der Waals surface area contributed by atoms with Crippen molar-refractivity contribution >= 4 is 9.84 Å². The molecule has 0 radical (unpaired) electrons. The van der Waals surface area contributed by atoms with Gasteiger partial charge in [0.1, 0.15) is 0 Å². The molecule has 0 aromatic rings. The fraction of sp³-hybridized carbons (Fsp3) is 1.00. The Morgan fingerprint density at radius 3 is 2.50 bits per heavy atom. The van der Waals surface area contributed by atoms with E-state index < -0.39 is 9.84 Å². The molecule has 1 aliphatic heterocycles. The maximum Gasteiger partial charge on any atom is 0.150 e. The molecule has 0 spiro atoms. The van der Waals surface area contributed by atoms with E-state index in [0.717, 1.165) is 19.4 Å². The third kappa shape index (κ3) is 3.20. The van der Waals surface area contributed by atoms with E-state index in [9.17, 15) is 8.42 Å². The molecule has 16 heavy (non-hydrogen) atoms. The van der Waals surface area contributed by atoms with Crippen molar-refractivity contribution in [2.75, 3.05) is 18.1 Å². The quantitative estimate of drug-likeness (QED) is 0.800. The lowest BCUT2D eigenvalue weighted by Gasteiger charge is -2.30. The van der Waals surface area contributed by atoms with Crippen molar-refractivity contribution in [1.29, 1.82) is 0 Å². The highest BCUT2D eigenvalue weighted by Gasteiger charge is 2.42. The van der Waals surface area contributed by atoms with E-state index in [1.165, 1.54) is 12.8 Å². The normalized spacial score (nSPS) is 33.4. The van der Waals surface area contributed by atoms with E-state index in [1.54, 1.807) is 0 Å². The van der Waals surface area contributed by atoms with Crippen molar-refractivity contribution < 1.29 is 8.42 Å². The standard InChI is InChI=1S/C12H23NO2S/c1-10(2)7-12(8-13-11-3-4-11)5-6-16(14,15)9-12/h10-11,13H,3-9H2,1-2H3. The van der Waals surface area contributed by atoms with Gasteiger partial charge in [-0.3, -0.25) is 0 Å². The summed E-state index contributed by atoms with van der Waals surface area (Å²) in [5.74, 6) is 1.37. The van der Waals surface area contributed by atoms with Crippen molar-refractivity contribution in [3.05, 3.63) is 0 Å². The van der Waals surface area contributed by atoms with Crippen molar-refractivity contribution in [3.63, 3.8) is 0 Å². The predicted molar refractivity (Wildman–Crippen MR) is 66.2 cm³/mol. The molecule has 3 nitrogen and oxygen atoms in total. The molecule has 94 valence electrons. The number of sulfone groups is 1. The van der Waals surface area contributed by atoms with Gasteiger partial charge >= 0.3 is 0 Å². The molecule has 2 fully saturated rings. The molecule has 1 aliphatic carbocycles. The number of rotatable bonds is 5. The molecule has 1 unspecified atom stereocenters. The molecule has 1 saturated heterocycles. The zero-order valence-electron chi connectivity index (χ0n) is 10.3. The average molecular weight is 245 g/mol. The van der Waals surface area contributed by atoms with E-state index in [4.69, 9.17) is 0 Å². The SMILES string of the molecule is CC(C)CC1(CNC2CC2)CCS(=O)(=O)C1. The van der Waals surface area contributed by atoms with Gasteiger partial charge in [0.25, 0.3) is 0 Å². The van der Waals surface area contributed by atoms with Crippen molar-refractivity contribution in [3.8, 4) is 0 Å². The largest absolute Gasteiger partial charge is 0.313 e. The fourth-order valence-electron chi connectivity index (χ4n) is 2.87. The topological polar surface area (TPSA) is 46.2 Å². The lowest BCUT2D eigenvalue weighted by Crippen LogP contribution is -2.37. The Kier molecular flexibility index (Phi) is 3.32. The van der Waals surface area contributed by atoms with Gasteiger partial charge < -0.3 is 5.32 Å². The molecule has 0 aromatic heterocycles. The van der Waals surface area contributed by atoms with E-state index in [1.807, 2.05) is 0 Å². The first kappa shape index (κ1) is 12.4. The van der Waals surface area contributed by atoms with Gasteiger partial charge in [-0.2, -0.15) is 0 Å². The summed E-state index contributed by atoms with van der Waals surface area (Å²) >= 11 is 0. The van der Waals surface area contributed by atoms with Crippen LogP contribution in [0.1, 0.15) is 39.5 Å². The van der Waals surface area contributed by atoms with Crippen LogP contribution in [0.5, 0.6) is 0 Å². The Labute approximate surface area is 98.9 Å². The van der Waals surface area contributed by atoms with Gasteiger partial charge in [-0.05, 0) is 37.0 Å². The van der Waals surface area contributed by atoms with E-state index >= 15 is 0 Å². The van der Waals surface area contributed by atoms with Crippen molar-refractivity contribution in [2.24, 2.45) is 11.3 Å². The molecule has 1 N–H and O–H groups in total. The first-order chi connectivity index (χ1) is 7.41. The summed E-state index contributed by atoms with van der Waals surface area (Å²) in [6, 6.07) is 0.673. The predicted octanol–water partition coefficient (Wildman–Crippen LogP) is 1.59. The zero-order chi connectivity index (χ0) is 11.8. The molecular weight excluding hydrogens is 222 g/mol. The third-order valence-corrected chi connectivity index (χ3v) is 5.53. The molecule has 1 heterocycles. The minimum absolute atomic E-state index is 0.0234. The third-order valence-electron chi connectivity index (χ3n) is 3.65. The summed E-state index contributed by atoms with van der Waals surface area (Å²) in [6.45, 7) is 5.27. The summed E-state index contributed by atoms with van der Waals surface area (Å²) in [4.78, 5) is 0. The first-order valence-corrected chi connectivity index (χ1v) is 8.17. The molecule has 2 rings (SSSR count). The molecule has 0 aromatic carbocycles. The summed E-state index contributed by atoms with van der Waals surface area (Å²) in [6.07, 6.45) is 4.42.